The van der Waals surface area contributed by atoms with Crippen LogP contribution in [0, 0.1) is 0 Å². The van der Waals surface area contributed by atoms with E-state index in [1.807, 2.05) is 6.92 Å². The minimum Gasteiger partial charge on any atom is -0.390 e. The molecule has 0 aromatic heterocycles. The maximum Gasteiger partial charge on any atom is 0.0863 e. The van der Waals surface area contributed by atoms with Gasteiger partial charge in [-0.25, -0.2) is 0 Å². The number of aliphatic hydroxyl groups is 1. The number of ether oxygens (including phenoxy) is 1. The Hall–Kier alpha value is 0.230. The molecule has 4 heteroatoms. The molecule has 0 rings (SSSR count). The van der Waals surface area contributed by atoms with Gasteiger partial charge in [0.25, 0.3) is 0 Å². The second-order valence-corrected chi connectivity index (χ2v) is 3.70. The standard InChI is InChI=1S/C7H17NO2S/c1-6(8)4-11-5-7(9)3-10-2/h6-7,9H,3-5,8H2,1-2H3. The highest BCUT2D eigenvalue weighted by Gasteiger charge is 2.03. The molecular formula is C7H17NO2S. The van der Waals surface area contributed by atoms with Gasteiger partial charge in [0.1, 0.15) is 0 Å². The average Bonchev–Trinajstić information content (AvgIpc) is 1.87. The summed E-state index contributed by atoms with van der Waals surface area (Å²) < 4.78 is 4.77. The molecule has 0 radical (unpaired) electrons. The highest BCUT2D eigenvalue weighted by atomic mass is 32.2. The molecule has 0 bridgehead atoms. The zero-order valence-corrected chi connectivity index (χ0v) is 7.93. The second-order valence-electron chi connectivity index (χ2n) is 2.62. The topological polar surface area (TPSA) is 55.5 Å². The van der Waals surface area contributed by atoms with E-state index in [-0.39, 0.29) is 12.1 Å². The van der Waals surface area contributed by atoms with Gasteiger partial charge in [-0.2, -0.15) is 11.8 Å². The first-order valence-electron chi connectivity index (χ1n) is 3.67. The summed E-state index contributed by atoms with van der Waals surface area (Å²) in [6.07, 6.45) is -0.358. The van der Waals surface area contributed by atoms with E-state index in [0.717, 1.165) is 5.75 Å². The predicted molar refractivity (Wildman–Crippen MR) is 48.9 cm³/mol. The van der Waals surface area contributed by atoms with Crippen molar-refractivity contribution in [3.05, 3.63) is 0 Å². The third kappa shape index (κ3) is 8.13. The van der Waals surface area contributed by atoms with Gasteiger partial charge in [0.2, 0.25) is 0 Å². The molecule has 0 amide bonds. The monoisotopic (exact) mass is 179 g/mol. The molecule has 3 nitrogen and oxygen atoms in total. The summed E-state index contributed by atoms with van der Waals surface area (Å²) in [5.74, 6) is 1.59. The molecule has 2 unspecified atom stereocenters. The molecule has 0 aliphatic heterocycles. The smallest absolute Gasteiger partial charge is 0.0863 e. The van der Waals surface area contributed by atoms with E-state index >= 15 is 0 Å². The van der Waals surface area contributed by atoms with Crippen molar-refractivity contribution in [1.82, 2.24) is 0 Å². The van der Waals surface area contributed by atoms with Crippen molar-refractivity contribution in [3.8, 4) is 0 Å². The molecular weight excluding hydrogens is 162 g/mol. The zero-order valence-electron chi connectivity index (χ0n) is 7.12. The van der Waals surface area contributed by atoms with Crippen molar-refractivity contribution in [1.29, 1.82) is 0 Å². The molecule has 68 valence electrons. The van der Waals surface area contributed by atoms with Crippen LogP contribution in [-0.4, -0.2) is 42.5 Å². The molecule has 11 heavy (non-hydrogen) atoms. The Labute approximate surface area is 72.3 Å². The van der Waals surface area contributed by atoms with E-state index in [9.17, 15) is 5.11 Å². The first-order chi connectivity index (χ1) is 5.16. The van der Waals surface area contributed by atoms with Crippen molar-refractivity contribution in [2.45, 2.75) is 19.1 Å². The Morgan fingerprint density at radius 1 is 1.55 bits per heavy atom. The Morgan fingerprint density at radius 3 is 2.64 bits per heavy atom. The summed E-state index contributed by atoms with van der Waals surface area (Å²) in [5.41, 5.74) is 5.52. The molecule has 0 spiro atoms. The normalized spacial score (nSPS) is 16.4. The van der Waals surface area contributed by atoms with Gasteiger partial charge in [-0.15, -0.1) is 0 Å². The maximum atomic E-state index is 9.18. The summed E-state index contributed by atoms with van der Waals surface area (Å²) in [5, 5.41) is 9.18. The third-order valence-corrected chi connectivity index (χ3v) is 2.43. The molecule has 0 aliphatic rings. The summed E-state index contributed by atoms with van der Waals surface area (Å²) >= 11 is 1.65. The van der Waals surface area contributed by atoms with Gasteiger partial charge in [-0.05, 0) is 6.92 Å². The minimum atomic E-state index is -0.358. The number of aliphatic hydroxyl groups excluding tert-OH is 1. The van der Waals surface area contributed by atoms with Crippen LogP contribution < -0.4 is 5.73 Å². The van der Waals surface area contributed by atoms with Crippen LogP contribution in [-0.2, 0) is 4.74 Å². The van der Waals surface area contributed by atoms with Crippen LogP contribution in [0.15, 0.2) is 0 Å². The molecule has 0 aromatic carbocycles. The van der Waals surface area contributed by atoms with Crippen LogP contribution in [0.1, 0.15) is 6.92 Å². The lowest BCUT2D eigenvalue weighted by Gasteiger charge is -2.09. The van der Waals surface area contributed by atoms with Gasteiger partial charge in [0.05, 0.1) is 12.7 Å². The van der Waals surface area contributed by atoms with Gasteiger partial charge in [-0.1, -0.05) is 0 Å². The largest absolute Gasteiger partial charge is 0.390 e. The van der Waals surface area contributed by atoms with E-state index in [2.05, 4.69) is 0 Å². The predicted octanol–water partition coefficient (Wildman–Crippen LogP) is 0.0741. The minimum absolute atomic E-state index is 0.203. The first kappa shape index (κ1) is 11.2. The molecule has 0 saturated carbocycles. The number of hydrogen-bond donors (Lipinski definition) is 2. The Morgan fingerprint density at radius 2 is 2.18 bits per heavy atom. The Kier molecular flexibility index (Phi) is 7.06. The average molecular weight is 179 g/mol. The van der Waals surface area contributed by atoms with Gasteiger partial charge in [-0.3, -0.25) is 0 Å². The fourth-order valence-corrected chi connectivity index (χ4v) is 1.51. The van der Waals surface area contributed by atoms with Gasteiger partial charge >= 0.3 is 0 Å². The SMILES string of the molecule is COCC(O)CSCC(C)N. The van der Waals surface area contributed by atoms with E-state index in [1.54, 1.807) is 18.9 Å². The summed E-state index contributed by atoms with van der Waals surface area (Å²) in [6, 6.07) is 0.203. The fourth-order valence-electron chi connectivity index (χ4n) is 0.630. The third-order valence-electron chi connectivity index (χ3n) is 1.05. The maximum absolute atomic E-state index is 9.18. The molecule has 2 atom stereocenters. The lowest BCUT2D eigenvalue weighted by Crippen LogP contribution is -2.21. The van der Waals surface area contributed by atoms with Gasteiger partial charge in [0.15, 0.2) is 0 Å². The van der Waals surface area contributed by atoms with Crippen molar-refractivity contribution in [2.24, 2.45) is 5.73 Å². The van der Waals surface area contributed by atoms with Crippen molar-refractivity contribution < 1.29 is 9.84 Å². The molecule has 0 heterocycles. The zero-order chi connectivity index (χ0) is 8.69. The van der Waals surface area contributed by atoms with Crippen LogP contribution in [0.3, 0.4) is 0 Å². The summed E-state index contributed by atoms with van der Waals surface area (Å²) in [4.78, 5) is 0. The Balaban J connectivity index is 3.10. The molecule has 0 saturated heterocycles. The lowest BCUT2D eigenvalue weighted by atomic mass is 10.4. The van der Waals surface area contributed by atoms with E-state index in [1.165, 1.54) is 0 Å². The van der Waals surface area contributed by atoms with Crippen molar-refractivity contribution in [3.63, 3.8) is 0 Å². The lowest BCUT2D eigenvalue weighted by molar-refractivity contribution is 0.0794. The van der Waals surface area contributed by atoms with Crippen molar-refractivity contribution in [2.75, 3.05) is 25.2 Å². The van der Waals surface area contributed by atoms with Crippen molar-refractivity contribution >= 4 is 11.8 Å². The summed E-state index contributed by atoms with van der Waals surface area (Å²) in [6.45, 7) is 2.36. The molecule has 0 aliphatic carbocycles. The van der Waals surface area contributed by atoms with E-state index in [4.69, 9.17) is 10.5 Å². The number of rotatable bonds is 6. The molecule has 3 N–H and O–H groups in total. The fraction of sp³-hybridized carbons (Fsp3) is 1.00. The van der Waals surface area contributed by atoms with Crippen LogP contribution >= 0.6 is 11.8 Å². The number of thioether (sulfide) groups is 1. The van der Waals surface area contributed by atoms with Gasteiger partial charge in [0, 0.05) is 24.7 Å². The highest BCUT2D eigenvalue weighted by Crippen LogP contribution is 2.03. The van der Waals surface area contributed by atoms with Gasteiger partial charge < -0.3 is 15.6 Å². The quantitative estimate of drug-likeness (QED) is 0.606. The second kappa shape index (κ2) is 6.91. The van der Waals surface area contributed by atoms with Crippen LogP contribution in [0.4, 0.5) is 0 Å². The number of nitrogens with two attached hydrogens (primary N) is 1. The number of methoxy groups -OCH3 is 1. The van der Waals surface area contributed by atoms with E-state index < -0.39 is 0 Å². The van der Waals surface area contributed by atoms with Crippen LogP contribution in [0.2, 0.25) is 0 Å². The van der Waals surface area contributed by atoms with E-state index in [0.29, 0.717) is 12.4 Å². The van der Waals surface area contributed by atoms with Crippen LogP contribution in [0.25, 0.3) is 0 Å². The molecule has 0 aromatic rings. The molecule has 0 fully saturated rings. The highest BCUT2D eigenvalue weighted by molar-refractivity contribution is 7.99. The number of hydrogen-bond acceptors (Lipinski definition) is 4. The first-order valence-corrected chi connectivity index (χ1v) is 4.82. The Bertz CT molecular complexity index is 90.5. The van der Waals surface area contributed by atoms with Crippen LogP contribution in [0.5, 0.6) is 0 Å². The summed E-state index contributed by atoms with van der Waals surface area (Å²) in [7, 11) is 1.58.